The number of benzene rings is 4. The number of halogens is 2. The molecule has 0 spiro atoms. The lowest BCUT2D eigenvalue weighted by Gasteiger charge is -2.35. The molecule has 0 aliphatic heterocycles. The molecule has 1 saturated carbocycles. The van der Waals surface area contributed by atoms with Crippen molar-refractivity contribution in [2.45, 2.75) is 62.0 Å². The Kier molecular flexibility index (Phi) is 11.4. The Labute approximate surface area is 281 Å². The Morgan fingerprint density at radius 2 is 1.37 bits per heavy atom. The molecule has 0 saturated heterocycles. The fourth-order valence-corrected chi connectivity index (χ4v) is 7.67. The lowest BCUT2D eigenvalue weighted by Crippen LogP contribution is -2.55. The zero-order chi connectivity index (χ0) is 32.5. The quantitative estimate of drug-likeness (QED) is 0.171. The van der Waals surface area contributed by atoms with Crippen LogP contribution < -0.4 is 9.62 Å². The molecule has 1 aliphatic rings. The van der Waals surface area contributed by atoms with E-state index in [1.165, 1.54) is 29.2 Å². The van der Waals surface area contributed by atoms with E-state index in [2.05, 4.69) is 5.32 Å². The first-order valence-electron chi connectivity index (χ1n) is 15.4. The number of carbonyl (C=O) groups excluding carboxylic acids is 2. The molecule has 10 heteroatoms. The third-order valence-electron chi connectivity index (χ3n) is 8.21. The van der Waals surface area contributed by atoms with Crippen molar-refractivity contribution in [3.8, 4) is 0 Å². The van der Waals surface area contributed by atoms with E-state index in [0.717, 1.165) is 47.5 Å². The Hall–Kier alpha value is -3.85. The maximum absolute atomic E-state index is 14.6. The van der Waals surface area contributed by atoms with Crippen LogP contribution in [-0.4, -0.2) is 43.8 Å². The summed E-state index contributed by atoms with van der Waals surface area (Å²) in [6.07, 6.45) is 5.22. The lowest BCUT2D eigenvalue weighted by molar-refractivity contribution is -0.140. The van der Waals surface area contributed by atoms with E-state index in [0.29, 0.717) is 0 Å². The zero-order valence-electron chi connectivity index (χ0n) is 25.4. The summed E-state index contributed by atoms with van der Waals surface area (Å²) in [5.41, 5.74) is 1.75. The predicted molar refractivity (Wildman–Crippen MR) is 183 cm³/mol. The van der Waals surface area contributed by atoms with Gasteiger partial charge in [0.25, 0.3) is 10.0 Å². The van der Waals surface area contributed by atoms with Crippen LogP contribution in [0.4, 0.5) is 5.69 Å². The van der Waals surface area contributed by atoms with Crippen LogP contribution in [0.15, 0.2) is 114 Å². The molecule has 2 amide bonds. The van der Waals surface area contributed by atoms with Crippen LogP contribution in [0.3, 0.4) is 0 Å². The second-order valence-corrected chi connectivity index (χ2v) is 14.2. The second-order valence-electron chi connectivity index (χ2n) is 11.5. The molecule has 1 atom stereocenters. The SMILES string of the molecule is O=C(NC1CCCCC1)[C@H](Cc1ccccc1)N(Cc1ccccc1)C(=O)CN(c1cc(Cl)ccc1Cl)S(=O)(=O)c1ccccc1. The van der Waals surface area contributed by atoms with Crippen molar-refractivity contribution in [3.63, 3.8) is 0 Å². The van der Waals surface area contributed by atoms with E-state index < -0.39 is 28.5 Å². The number of carbonyl (C=O) groups is 2. The molecule has 0 heterocycles. The molecular formula is C36H37Cl2N3O4S. The number of rotatable bonds is 12. The van der Waals surface area contributed by atoms with Crippen LogP contribution in [0.2, 0.25) is 10.0 Å². The van der Waals surface area contributed by atoms with Gasteiger partial charge in [-0.1, -0.05) is 121 Å². The first-order valence-corrected chi connectivity index (χ1v) is 17.6. The van der Waals surface area contributed by atoms with E-state index in [-0.39, 0.29) is 45.5 Å². The lowest BCUT2D eigenvalue weighted by atomic mass is 9.94. The third kappa shape index (κ3) is 8.49. The van der Waals surface area contributed by atoms with Crippen molar-refractivity contribution < 1.29 is 18.0 Å². The average Bonchev–Trinajstić information content (AvgIpc) is 3.08. The van der Waals surface area contributed by atoms with Gasteiger partial charge in [0, 0.05) is 24.0 Å². The number of sulfonamides is 1. The van der Waals surface area contributed by atoms with Gasteiger partial charge in [0.15, 0.2) is 0 Å². The summed E-state index contributed by atoms with van der Waals surface area (Å²) < 4.78 is 29.3. The van der Waals surface area contributed by atoms with Crippen LogP contribution in [0.5, 0.6) is 0 Å². The number of nitrogens with one attached hydrogen (secondary N) is 1. The summed E-state index contributed by atoms with van der Waals surface area (Å²) in [5, 5.41) is 3.59. The summed E-state index contributed by atoms with van der Waals surface area (Å²) in [5.74, 6) is -0.822. The standard InChI is InChI=1S/C36H37Cl2N3O4S/c37-29-21-22-32(38)33(24-29)41(46(44,45)31-19-11-4-12-20-31)26-35(42)40(25-28-15-7-2-8-16-28)34(23-27-13-5-1-6-14-27)36(43)39-30-17-9-3-10-18-30/h1-2,4-8,11-16,19-22,24,30,34H,3,9-10,17-18,23,25-26H2,(H,39,43)/t34-/m0/s1. The maximum Gasteiger partial charge on any atom is 0.264 e. The Bertz CT molecular complexity index is 1720. The summed E-state index contributed by atoms with van der Waals surface area (Å²) in [7, 11) is -4.28. The van der Waals surface area contributed by atoms with Gasteiger partial charge in [-0.25, -0.2) is 8.42 Å². The van der Waals surface area contributed by atoms with Crippen LogP contribution in [0.1, 0.15) is 43.2 Å². The van der Waals surface area contributed by atoms with E-state index in [1.807, 2.05) is 60.7 Å². The summed E-state index contributed by atoms with van der Waals surface area (Å²) in [6, 6.07) is 30.3. The van der Waals surface area contributed by atoms with Crippen molar-refractivity contribution in [1.29, 1.82) is 0 Å². The van der Waals surface area contributed by atoms with Gasteiger partial charge in [0.05, 0.1) is 15.6 Å². The highest BCUT2D eigenvalue weighted by atomic mass is 35.5. The normalized spacial score (nSPS) is 14.3. The molecule has 46 heavy (non-hydrogen) atoms. The van der Waals surface area contributed by atoms with Gasteiger partial charge >= 0.3 is 0 Å². The van der Waals surface area contributed by atoms with Crippen molar-refractivity contribution in [2.75, 3.05) is 10.8 Å². The fraction of sp³-hybridized carbons (Fsp3) is 0.278. The molecule has 4 aromatic carbocycles. The number of nitrogens with zero attached hydrogens (tertiary/aromatic N) is 2. The number of hydrogen-bond donors (Lipinski definition) is 1. The molecule has 5 rings (SSSR count). The summed E-state index contributed by atoms with van der Waals surface area (Å²) >= 11 is 12.9. The van der Waals surface area contributed by atoms with Crippen molar-refractivity contribution in [2.24, 2.45) is 0 Å². The van der Waals surface area contributed by atoms with E-state index in [4.69, 9.17) is 23.2 Å². The Balaban J connectivity index is 1.57. The van der Waals surface area contributed by atoms with Gasteiger partial charge in [0.1, 0.15) is 12.6 Å². The van der Waals surface area contributed by atoms with Gasteiger partial charge in [-0.2, -0.15) is 0 Å². The number of amides is 2. The van der Waals surface area contributed by atoms with E-state index in [9.17, 15) is 18.0 Å². The summed E-state index contributed by atoms with van der Waals surface area (Å²) in [6.45, 7) is -0.510. The molecule has 0 aromatic heterocycles. The van der Waals surface area contributed by atoms with Gasteiger partial charge in [-0.3, -0.25) is 13.9 Å². The topological polar surface area (TPSA) is 86.8 Å². The minimum atomic E-state index is -4.28. The van der Waals surface area contributed by atoms with Crippen molar-refractivity contribution in [3.05, 3.63) is 130 Å². The smallest absolute Gasteiger partial charge is 0.264 e. The minimum absolute atomic E-state index is 0.00988. The van der Waals surface area contributed by atoms with E-state index in [1.54, 1.807) is 24.3 Å². The molecule has 7 nitrogen and oxygen atoms in total. The van der Waals surface area contributed by atoms with Crippen molar-refractivity contribution in [1.82, 2.24) is 10.2 Å². The molecule has 1 aliphatic carbocycles. The highest BCUT2D eigenvalue weighted by molar-refractivity contribution is 7.92. The predicted octanol–water partition coefficient (Wildman–Crippen LogP) is 7.28. The third-order valence-corrected chi connectivity index (χ3v) is 10.5. The molecule has 1 fully saturated rings. The van der Waals surface area contributed by atoms with Crippen LogP contribution >= 0.6 is 23.2 Å². The average molecular weight is 679 g/mol. The first-order chi connectivity index (χ1) is 22.2. The molecule has 0 radical (unpaired) electrons. The van der Waals surface area contributed by atoms with Crippen LogP contribution in [-0.2, 0) is 32.6 Å². The molecule has 4 aromatic rings. The van der Waals surface area contributed by atoms with Gasteiger partial charge in [-0.05, 0) is 54.3 Å². The highest BCUT2D eigenvalue weighted by Crippen LogP contribution is 2.33. The van der Waals surface area contributed by atoms with Crippen LogP contribution in [0.25, 0.3) is 0 Å². The molecule has 240 valence electrons. The largest absolute Gasteiger partial charge is 0.352 e. The molecule has 0 bridgehead atoms. The monoisotopic (exact) mass is 677 g/mol. The fourth-order valence-electron chi connectivity index (χ4n) is 5.79. The van der Waals surface area contributed by atoms with Crippen molar-refractivity contribution >= 4 is 50.7 Å². The van der Waals surface area contributed by atoms with E-state index >= 15 is 0 Å². The zero-order valence-corrected chi connectivity index (χ0v) is 27.7. The van der Waals surface area contributed by atoms with Gasteiger partial charge in [-0.15, -0.1) is 0 Å². The minimum Gasteiger partial charge on any atom is -0.352 e. The highest BCUT2D eigenvalue weighted by Gasteiger charge is 2.36. The first kappa shape index (κ1) is 33.5. The molecule has 1 N–H and O–H groups in total. The molecular weight excluding hydrogens is 641 g/mol. The summed E-state index contributed by atoms with van der Waals surface area (Å²) in [4.78, 5) is 30.2. The van der Waals surface area contributed by atoms with Gasteiger partial charge < -0.3 is 10.2 Å². The maximum atomic E-state index is 14.6. The molecule has 0 unspecified atom stereocenters. The number of anilines is 1. The Morgan fingerprint density at radius 3 is 2.00 bits per heavy atom. The second kappa shape index (κ2) is 15.6. The number of hydrogen-bond acceptors (Lipinski definition) is 4. The van der Waals surface area contributed by atoms with Crippen LogP contribution in [0, 0.1) is 0 Å². The Morgan fingerprint density at radius 1 is 0.783 bits per heavy atom. The van der Waals surface area contributed by atoms with Gasteiger partial charge in [0.2, 0.25) is 11.8 Å².